The van der Waals surface area contributed by atoms with Gasteiger partial charge in [0.15, 0.2) is 0 Å². The summed E-state index contributed by atoms with van der Waals surface area (Å²) in [5.74, 6) is 0.105. The van der Waals surface area contributed by atoms with E-state index in [0.29, 0.717) is 5.88 Å². The van der Waals surface area contributed by atoms with Gasteiger partial charge in [-0.3, -0.25) is 19.8 Å². The number of carbonyl (C=O) groups is 2. The maximum atomic E-state index is 12.3. The van der Waals surface area contributed by atoms with Crippen LogP contribution in [0.3, 0.4) is 0 Å². The summed E-state index contributed by atoms with van der Waals surface area (Å²) in [6.07, 6.45) is 0. The topological polar surface area (TPSA) is 87.5 Å². The molecule has 7 nitrogen and oxygen atoms in total. The summed E-state index contributed by atoms with van der Waals surface area (Å²) in [4.78, 5) is 26.1. The maximum Gasteiger partial charge on any atom is 0.240 e. The Labute approximate surface area is 160 Å². The highest BCUT2D eigenvalue weighted by molar-refractivity contribution is 5.95. The lowest BCUT2D eigenvalue weighted by Crippen LogP contribution is -2.36. The van der Waals surface area contributed by atoms with E-state index in [9.17, 15) is 9.59 Å². The molecule has 0 saturated carbocycles. The van der Waals surface area contributed by atoms with Crippen molar-refractivity contribution in [1.29, 1.82) is 0 Å². The summed E-state index contributed by atoms with van der Waals surface area (Å²) >= 11 is 0. The predicted octanol–water partition coefficient (Wildman–Crippen LogP) is 3.23. The zero-order chi connectivity index (χ0) is 20.1. The van der Waals surface area contributed by atoms with Crippen molar-refractivity contribution in [3.63, 3.8) is 0 Å². The maximum absolute atomic E-state index is 12.3. The first-order chi connectivity index (χ1) is 12.7. The average Bonchev–Trinajstić information content (AvgIpc) is 2.99. The van der Waals surface area contributed by atoms with Crippen LogP contribution in [-0.4, -0.2) is 42.0 Å². The van der Waals surface area contributed by atoms with Crippen molar-refractivity contribution in [2.45, 2.75) is 40.5 Å². The molecule has 1 aromatic heterocycles. The molecule has 1 aromatic carbocycles. The summed E-state index contributed by atoms with van der Waals surface area (Å²) in [6, 6.07) is 5.77. The van der Waals surface area contributed by atoms with Crippen LogP contribution in [0.5, 0.6) is 0 Å². The second-order valence-electron chi connectivity index (χ2n) is 7.31. The van der Waals surface area contributed by atoms with E-state index >= 15 is 0 Å². The van der Waals surface area contributed by atoms with Gasteiger partial charge in [-0.1, -0.05) is 36.7 Å². The lowest BCUT2D eigenvalue weighted by atomic mass is 10.1. The molecule has 2 rings (SSSR count). The molecule has 0 atom stereocenters. The Morgan fingerprint density at radius 1 is 1.04 bits per heavy atom. The summed E-state index contributed by atoms with van der Waals surface area (Å²) in [5, 5.41) is 9.49. The summed E-state index contributed by atoms with van der Waals surface area (Å²) < 4.78 is 5.09. The zero-order valence-corrected chi connectivity index (χ0v) is 16.8. The molecule has 2 aromatic rings. The van der Waals surface area contributed by atoms with Crippen molar-refractivity contribution in [2.24, 2.45) is 0 Å². The van der Waals surface area contributed by atoms with E-state index in [2.05, 4.69) is 15.8 Å². The van der Waals surface area contributed by atoms with E-state index in [4.69, 9.17) is 4.52 Å². The van der Waals surface area contributed by atoms with Crippen molar-refractivity contribution >= 4 is 23.4 Å². The average molecular weight is 372 g/mol. The summed E-state index contributed by atoms with van der Waals surface area (Å²) in [6.45, 7) is 10.1. The normalized spacial score (nSPS) is 11.1. The van der Waals surface area contributed by atoms with Crippen LogP contribution in [0.1, 0.15) is 42.1 Å². The highest BCUT2D eigenvalue weighted by Crippen LogP contribution is 2.22. The number of rotatable bonds is 7. The number of carbonyl (C=O) groups excluding carboxylic acids is 2. The van der Waals surface area contributed by atoms with Gasteiger partial charge >= 0.3 is 0 Å². The number of hydrogen-bond donors (Lipinski definition) is 2. The molecule has 0 aliphatic carbocycles. The van der Waals surface area contributed by atoms with Crippen LogP contribution < -0.4 is 10.6 Å². The Bertz CT molecular complexity index is 803. The molecule has 0 unspecified atom stereocenters. The smallest absolute Gasteiger partial charge is 0.240 e. The van der Waals surface area contributed by atoms with Crippen LogP contribution >= 0.6 is 0 Å². The number of benzene rings is 1. The minimum Gasteiger partial charge on any atom is -0.338 e. The van der Waals surface area contributed by atoms with Gasteiger partial charge in [0.1, 0.15) is 0 Å². The van der Waals surface area contributed by atoms with Gasteiger partial charge in [0, 0.05) is 11.8 Å². The molecule has 27 heavy (non-hydrogen) atoms. The lowest BCUT2D eigenvalue weighted by molar-refractivity contribution is -0.119. The van der Waals surface area contributed by atoms with Gasteiger partial charge < -0.3 is 9.84 Å². The molecule has 146 valence electrons. The van der Waals surface area contributed by atoms with Gasteiger partial charge in [-0.2, -0.15) is 0 Å². The van der Waals surface area contributed by atoms with E-state index in [1.165, 1.54) is 0 Å². The number of nitrogens with one attached hydrogen (secondary N) is 2. The monoisotopic (exact) mass is 372 g/mol. The highest BCUT2D eigenvalue weighted by atomic mass is 16.5. The lowest BCUT2D eigenvalue weighted by Gasteiger charge is -2.17. The summed E-state index contributed by atoms with van der Waals surface area (Å²) in [5.41, 5.74) is 4.80. The van der Waals surface area contributed by atoms with Crippen molar-refractivity contribution in [2.75, 3.05) is 30.8 Å². The fourth-order valence-corrected chi connectivity index (χ4v) is 2.90. The minimum atomic E-state index is -0.264. The number of nitrogens with zero attached hydrogens (tertiary/aromatic N) is 2. The Balaban J connectivity index is 1.86. The molecule has 0 bridgehead atoms. The molecule has 0 aliphatic heterocycles. The molecule has 0 saturated heterocycles. The first-order valence-corrected chi connectivity index (χ1v) is 8.98. The molecule has 0 radical (unpaired) electrons. The first kappa shape index (κ1) is 20.6. The van der Waals surface area contributed by atoms with Crippen LogP contribution in [0.15, 0.2) is 22.7 Å². The second kappa shape index (κ2) is 8.81. The largest absolute Gasteiger partial charge is 0.338 e. The van der Waals surface area contributed by atoms with E-state index in [1.54, 1.807) is 18.0 Å². The number of likely N-dealkylation sites (N-methyl/N-ethyl adjacent to an activating group) is 1. The van der Waals surface area contributed by atoms with Gasteiger partial charge in [0.05, 0.1) is 18.8 Å². The molecule has 0 aliphatic rings. The third-order valence-electron chi connectivity index (χ3n) is 4.15. The molecule has 1 heterocycles. The van der Waals surface area contributed by atoms with Gasteiger partial charge in [0.2, 0.25) is 17.7 Å². The second-order valence-corrected chi connectivity index (χ2v) is 7.31. The van der Waals surface area contributed by atoms with E-state index in [1.807, 2.05) is 46.8 Å². The van der Waals surface area contributed by atoms with Crippen LogP contribution in [-0.2, 0) is 9.59 Å². The van der Waals surface area contributed by atoms with Gasteiger partial charge in [-0.15, -0.1) is 0 Å². The van der Waals surface area contributed by atoms with Crippen molar-refractivity contribution in [3.8, 4) is 0 Å². The molecule has 2 N–H and O–H groups in total. The molecule has 0 spiro atoms. The predicted molar refractivity (Wildman–Crippen MR) is 106 cm³/mol. The Kier molecular flexibility index (Phi) is 6.74. The third-order valence-corrected chi connectivity index (χ3v) is 4.15. The zero-order valence-electron chi connectivity index (χ0n) is 16.8. The summed E-state index contributed by atoms with van der Waals surface area (Å²) in [7, 11) is 1.72. The van der Waals surface area contributed by atoms with Crippen LogP contribution in [0.25, 0.3) is 0 Å². The standard InChI is InChI=1S/C20H28N4O3/c1-12(2)16-9-19(27-23-16)21-17(25)10-24(6)11-18(26)22-20-14(4)7-13(3)8-15(20)5/h7-9,12H,10-11H2,1-6H3,(H,21,25)(H,22,26). The van der Waals surface area contributed by atoms with Gasteiger partial charge in [-0.25, -0.2) is 0 Å². The number of aryl methyl sites for hydroxylation is 3. The van der Waals surface area contributed by atoms with Crippen LogP contribution in [0.2, 0.25) is 0 Å². The van der Waals surface area contributed by atoms with E-state index in [0.717, 1.165) is 28.1 Å². The van der Waals surface area contributed by atoms with E-state index < -0.39 is 0 Å². The van der Waals surface area contributed by atoms with Crippen molar-refractivity contribution < 1.29 is 14.1 Å². The molecule has 2 amide bonds. The van der Waals surface area contributed by atoms with Gasteiger partial charge in [-0.05, 0) is 44.9 Å². The van der Waals surface area contributed by atoms with E-state index in [-0.39, 0.29) is 30.8 Å². The van der Waals surface area contributed by atoms with Crippen LogP contribution in [0.4, 0.5) is 11.6 Å². The number of aromatic nitrogens is 1. The number of anilines is 2. The van der Waals surface area contributed by atoms with Crippen molar-refractivity contribution in [3.05, 3.63) is 40.6 Å². The van der Waals surface area contributed by atoms with Gasteiger partial charge in [0.25, 0.3) is 0 Å². The fraction of sp³-hybridized carbons (Fsp3) is 0.450. The quantitative estimate of drug-likeness (QED) is 0.779. The number of amides is 2. The minimum absolute atomic E-state index is 0.0665. The van der Waals surface area contributed by atoms with Crippen molar-refractivity contribution in [1.82, 2.24) is 10.1 Å². The molecular formula is C20H28N4O3. The highest BCUT2D eigenvalue weighted by Gasteiger charge is 2.15. The molecule has 7 heteroatoms. The Hall–Kier alpha value is -2.67. The fourth-order valence-electron chi connectivity index (χ4n) is 2.90. The Morgan fingerprint density at radius 3 is 2.11 bits per heavy atom. The molecular weight excluding hydrogens is 344 g/mol. The Morgan fingerprint density at radius 2 is 1.59 bits per heavy atom. The first-order valence-electron chi connectivity index (χ1n) is 8.98. The SMILES string of the molecule is Cc1cc(C)c(NC(=O)CN(C)CC(=O)Nc2cc(C(C)C)no2)c(C)c1. The third kappa shape index (κ3) is 5.92. The number of hydrogen-bond acceptors (Lipinski definition) is 5. The van der Waals surface area contributed by atoms with Crippen LogP contribution in [0, 0.1) is 20.8 Å². The molecule has 0 fully saturated rings.